The van der Waals surface area contributed by atoms with Gasteiger partial charge in [0.05, 0.1) is 32.8 Å². The molecular formula is C26H36N6O3. The molecule has 0 unspecified atom stereocenters. The molecule has 9 nitrogen and oxygen atoms in total. The first-order chi connectivity index (χ1) is 16.9. The molecule has 1 amide bonds. The van der Waals surface area contributed by atoms with Crippen molar-refractivity contribution >= 4 is 17.6 Å². The Morgan fingerprint density at radius 2 is 1.80 bits per heavy atom. The molecule has 0 spiro atoms. The smallest absolute Gasteiger partial charge is 0.240 e. The Labute approximate surface area is 207 Å². The summed E-state index contributed by atoms with van der Waals surface area (Å²) in [6.45, 7) is 1.62. The summed E-state index contributed by atoms with van der Waals surface area (Å²) >= 11 is 0. The number of piperidine rings is 1. The van der Waals surface area contributed by atoms with E-state index in [1.165, 1.54) is 0 Å². The standard InChI is InChI=1S/C26H36N6O3/c1-34-21-10-9-20(22(16-21)35-2)18-32(23(27)11-8-19-6-4-3-5-7-19)24(28)17-31-25(33)26(29)12-14-30-15-13-26/h3-7,9-10,16,27-28,30H,8,11-15,17-18,29H2,1-2H3,(H,31,33). The van der Waals surface area contributed by atoms with Crippen LogP contribution in [0.15, 0.2) is 48.5 Å². The van der Waals surface area contributed by atoms with Crippen LogP contribution in [-0.4, -0.2) is 61.9 Å². The Morgan fingerprint density at radius 1 is 1.09 bits per heavy atom. The first-order valence-corrected chi connectivity index (χ1v) is 11.8. The summed E-state index contributed by atoms with van der Waals surface area (Å²) in [5, 5.41) is 23.5. The third-order valence-electron chi connectivity index (χ3n) is 6.33. The number of amides is 1. The average molecular weight is 481 g/mol. The maximum Gasteiger partial charge on any atom is 0.240 e. The van der Waals surface area contributed by atoms with Gasteiger partial charge in [0.15, 0.2) is 0 Å². The van der Waals surface area contributed by atoms with Crippen LogP contribution in [0.3, 0.4) is 0 Å². The zero-order valence-corrected chi connectivity index (χ0v) is 20.5. The number of carbonyl (C=O) groups is 1. The Kier molecular flexibility index (Phi) is 9.22. The van der Waals surface area contributed by atoms with Crippen LogP contribution in [0.2, 0.25) is 0 Å². The number of hydrogen-bond acceptors (Lipinski definition) is 7. The minimum absolute atomic E-state index is 0.0165. The molecule has 1 saturated heterocycles. The average Bonchev–Trinajstić information content (AvgIpc) is 2.89. The fourth-order valence-electron chi connectivity index (χ4n) is 4.08. The number of aryl methyl sites for hydroxylation is 1. The molecule has 0 aromatic heterocycles. The molecule has 1 heterocycles. The molecule has 2 aromatic carbocycles. The van der Waals surface area contributed by atoms with Crippen LogP contribution < -0.4 is 25.8 Å². The second-order valence-corrected chi connectivity index (χ2v) is 8.73. The molecule has 188 valence electrons. The minimum Gasteiger partial charge on any atom is -0.497 e. The molecule has 1 aliphatic heterocycles. The van der Waals surface area contributed by atoms with E-state index in [2.05, 4.69) is 10.6 Å². The molecule has 0 radical (unpaired) electrons. The van der Waals surface area contributed by atoms with Gasteiger partial charge in [0.2, 0.25) is 5.91 Å². The maximum absolute atomic E-state index is 12.8. The van der Waals surface area contributed by atoms with Gasteiger partial charge in [0, 0.05) is 18.1 Å². The van der Waals surface area contributed by atoms with Crippen molar-refractivity contribution in [2.45, 2.75) is 37.8 Å². The molecule has 9 heteroatoms. The lowest BCUT2D eigenvalue weighted by Crippen LogP contribution is -2.60. The number of benzene rings is 2. The van der Waals surface area contributed by atoms with Gasteiger partial charge in [-0.3, -0.25) is 15.6 Å². The van der Waals surface area contributed by atoms with E-state index < -0.39 is 5.54 Å². The number of methoxy groups -OCH3 is 2. The van der Waals surface area contributed by atoms with E-state index in [-0.39, 0.29) is 30.7 Å². The summed E-state index contributed by atoms with van der Waals surface area (Å²) in [7, 11) is 3.17. The zero-order valence-electron chi connectivity index (χ0n) is 20.5. The molecule has 0 bridgehead atoms. The molecule has 0 saturated carbocycles. The number of amidine groups is 2. The van der Waals surface area contributed by atoms with Gasteiger partial charge in [0.1, 0.15) is 23.2 Å². The molecule has 1 aliphatic rings. The van der Waals surface area contributed by atoms with Crippen LogP contribution in [-0.2, 0) is 17.8 Å². The van der Waals surface area contributed by atoms with E-state index in [0.29, 0.717) is 50.3 Å². The van der Waals surface area contributed by atoms with Gasteiger partial charge in [0.25, 0.3) is 0 Å². The Bertz CT molecular complexity index is 1020. The van der Waals surface area contributed by atoms with Gasteiger partial charge < -0.3 is 30.7 Å². The first-order valence-electron chi connectivity index (χ1n) is 11.8. The van der Waals surface area contributed by atoms with Gasteiger partial charge in [-0.15, -0.1) is 0 Å². The predicted octanol–water partition coefficient (Wildman–Crippen LogP) is 2.29. The highest BCUT2D eigenvalue weighted by molar-refractivity contribution is 6.00. The van der Waals surface area contributed by atoms with Crippen molar-refractivity contribution in [3.05, 3.63) is 59.7 Å². The van der Waals surface area contributed by atoms with Crippen molar-refractivity contribution in [1.29, 1.82) is 10.8 Å². The third-order valence-corrected chi connectivity index (χ3v) is 6.33. The van der Waals surface area contributed by atoms with Gasteiger partial charge in [-0.05, 0) is 50.0 Å². The number of nitrogens with zero attached hydrogens (tertiary/aromatic N) is 1. The van der Waals surface area contributed by atoms with Crippen LogP contribution in [0, 0.1) is 10.8 Å². The van der Waals surface area contributed by atoms with Crippen molar-refractivity contribution in [2.75, 3.05) is 33.9 Å². The Hall–Kier alpha value is -3.43. The Balaban J connectivity index is 1.74. The molecule has 6 N–H and O–H groups in total. The Morgan fingerprint density at radius 3 is 2.46 bits per heavy atom. The van der Waals surface area contributed by atoms with E-state index in [1.54, 1.807) is 25.2 Å². The second-order valence-electron chi connectivity index (χ2n) is 8.73. The van der Waals surface area contributed by atoms with Gasteiger partial charge in [-0.2, -0.15) is 0 Å². The van der Waals surface area contributed by atoms with Crippen LogP contribution in [0.5, 0.6) is 11.5 Å². The predicted molar refractivity (Wildman–Crippen MR) is 137 cm³/mol. The van der Waals surface area contributed by atoms with E-state index in [0.717, 1.165) is 11.1 Å². The minimum atomic E-state index is -0.934. The lowest BCUT2D eigenvalue weighted by molar-refractivity contribution is -0.127. The van der Waals surface area contributed by atoms with Crippen molar-refractivity contribution < 1.29 is 14.3 Å². The van der Waals surface area contributed by atoms with Crippen LogP contribution in [0.1, 0.15) is 30.4 Å². The fourth-order valence-corrected chi connectivity index (χ4v) is 4.08. The monoisotopic (exact) mass is 480 g/mol. The summed E-state index contributed by atoms with van der Waals surface area (Å²) in [6.07, 6.45) is 2.22. The summed E-state index contributed by atoms with van der Waals surface area (Å²) in [5.74, 6) is 1.41. The first kappa shape index (κ1) is 26.2. The van der Waals surface area contributed by atoms with Gasteiger partial charge >= 0.3 is 0 Å². The summed E-state index contributed by atoms with van der Waals surface area (Å²) < 4.78 is 10.8. The highest BCUT2D eigenvalue weighted by atomic mass is 16.5. The fraction of sp³-hybridized carbons (Fsp3) is 0.423. The molecule has 3 rings (SSSR count). The third kappa shape index (κ3) is 7.03. The van der Waals surface area contributed by atoms with Crippen molar-refractivity contribution in [3.63, 3.8) is 0 Å². The topological polar surface area (TPSA) is 137 Å². The number of nitrogens with one attached hydrogen (secondary N) is 4. The second kappa shape index (κ2) is 12.3. The van der Waals surface area contributed by atoms with Crippen molar-refractivity contribution in [1.82, 2.24) is 15.5 Å². The van der Waals surface area contributed by atoms with Crippen molar-refractivity contribution in [2.24, 2.45) is 5.73 Å². The summed E-state index contributed by atoms with van der Waals surface area (Å²) in [6, 6.07) is 15.4. The van der Waals surface area contributed by atoms with E-state index >= 15 is 0 Å². The van der Waals surface area contributed by atoms with Crippen LogP contribution in [0.4, 0.5) is 0 Å². The largest absolute Gasteiger partial charge is 0.497 e. The normalized spacial score (nSPS) is 14.6. The number of rotatable bonds is 10. The van der Waals surface area contributed by atoms with E-state index in [1.807, 2.05) is 42.5 Å². The van der Waals surface area contributed by atoms with Crippen LogP contribution in [0.25, 0.3) is 0 Å². The van der Waals surface area contributed by atoms with Crippen molar-refractivity contribution in [3.8, 4) is 11.5 Å². The summed E-state index contributed by atoms with van der Waals surface area (Å²) in [5.41, 5.74) is 7.31. The lowest BCUT2D eigenvalue weighted by atomic mass is 9.88. The number of nitrogens with two attached hydrogens (primary N) is 1. The van der Waals surface area contributed by atoms with Gasteiger partial charge in [-0.25, -0.2) is 0 Å². The molecule has 0 atom stereocenters. The lowest BCUT2D eigenvalue weighted by Gasteiger charge is -2.33. The van der Waals surface area contributed by atoms with Crippen LogP contribution >= 0.6 is 0 Å². The molecule has 2 aromatic rings. The maximum atomic E-state index is 12.8. The molecule has 0 aliphatic carbocycles. The molecule has 35 heavy (non-hydrogen) atoms. The number of carbonyl (C=O) groups excluding carboxylic acids is 1. The number of ether oxygens (including phenoxy) is 2. The summed E-state index contributed by atoms with van der Waals surface area (Å²) in [4.78, 5) is 14.4. The zero-order chi connectivity index (χ0) is 25.3. The SMILES string of the molecule is COc1ccc(CN(C(=N)CCc2ccccc2)C(=N)CNC(=O)C2(N)CCNCC2)c(OC)c1. The highest BCUT2D eigenvalue weighted by Gasteiger charge is 2.35. The number of hydrogen-bond donors (Lipinski definition) is 5. The molecular weight excluding hydrogens is 444 g/mol. The van der Waals surface area contributed by atoms with E-state index in [4.69, 9.17) is 26.0 Å². The highest BCUT2D eigenvalue weighted by Crippen LogP contribution is 2.26. The van der Waals surface area contributed by atoms with E-state index in [9.17, 15) is 4.79 Å². The molecule has 1 fully saturated rings. The quantitative estimate of drug-likeness (QED) is 0.261. The van der Waals surface area contributed by atoms with Gasteiger partial charge in [-0.1, -0.05) is 30.3 Å².